The van der Waals surface area contributed by atoms with Crippen LogP contribution in [-0.2, 0) is 16.1 Å². The monoisotopic (exact) mass is 458 g/mol. The fraction of sp³-hybridized carbons (Fsp3) is 0.381. The van der Waals surface area contributed by atoms with Crippen molar-refractivity contribution < 1.29 is 14.0 Å². The van der Waals surface area contributed by atoms with E-state index in [4.69, 9.17) is 0 Å². The Morgan fingerprint density at radius 2 is 2.03 bits per heavy atom. The molecule has 0 saturated carbocycles. The zero-order valence-electron chi connectivity index (χ0n) is 17.7. The van der Waals surface area contributed by atoms with E-state index in [9.17, 15) is 18.8 Å². The zero-order chi connectivity index (χ0) is 22.8. The highest BCUT2D eigenvalue weighted by Crippen LogP contribution is 2.29. The number of hydrogen-bond donors (Lipinski definition) is 2. The number of piperidine rings is 1. The van der Waals surface area contributed by atoms with E-state index >= 15 is 0 Å². The lowest BCUT2D eigenvalue weighted by molar-refractivity contribution is -0.125. The van der Waals surface area contributed by atoms with Gasteiger partial charge in [-0.3, -0.25) is 19.0 Å². The summed E-state index contributed by atoms with van der Waals surface area (Å²) in [4.78, 5) is 47.8. The molecular formula is C21H23FN6O3S. The molecule has 0 spiro atoms. The molecule has 3 heterocycles. The van der Waals surface area contributed by atoms with Crippen LogP contribution < -0.4 is 21.1 Å². The van der Waals surface area contributed by atoms with Crippen molar-refractivity contribution in [2.75, 3.05) is 30.4 Å². The lowest BCUT2D eigenvalue weighted by Gasteiger charge is -2.30. The number of nitrogens with zero attached hydrogens (tertiary/aromatic N) is 4. The maximum absolute atomic E-state index is 14.0. The molecule has 1 aromatic carbocycles. The molecule has 2 amide bonds. The number of anilines is 2. The van der Waals surface area contributed by atoms with Gasteiger partial charge >= 0.3 is 0 Å². The largest absolute Gasteiger partial charge is 0.359 e. The van der Waals surface area contributed by atoms with E-state index in [1.54, 1.807) is 20.0 Å². The summed E-state index contributed by atoms with van der Waals surface area (Å²) in [5.74, 6) is -1.04. The van der Waals surface area contributed by atoms with Gasteiger partial charge in [-0.1, -0.05) is 17.4 Å². The number of rotatable bonds is 5. The average molecular weight is 459 g/mol. The second-order valence-electron chi connectivity index (χ2n) is 7.73. The molecule has 0 radical (unpaired) electrons. The Morgan fingerprint density at radius 1 is 1.28 bits per heavy atom. The number of nitrogens with one attached hydrogen (secondary N) is 2. The van der Waals surface area contributed by atoms with Gasteiger partial charge in [0.2, 0.25) is 11.8 Å². The van der Waals surface area contributed by atoms with Crippen molar-refractivity contribution in [2.45, 2.75) is 26.3 Å². The lowest BCUT2D eigenvalue weighted by Crippen LogP contribution is -2.39. The van der Waals surface area contributed by atoms with Crippen LogP contribution in [0.3, 0.4) is 0 Å². The van der Waals surface area contributed by atoms with Gasteiger partial charge in [0.15, 0.2) is 10.8 Å². The topological polar surface area (TPSA) is 109 Å². The zero-order valence-corrected chi connectivity index (χ0v) is 18.5. The first-order chi connectivity index (χ1) is 15.4. The Hall–Kier alpha value is -3.34. The second-order valence-corrected chi connectivity index (χ2v) is 8.71. The molecule has 168 valence electrons. The molecular weight excluding hydrogens is 435 g/mol. The van der Waals surface area contributed by atoms with E-state index in [1.165, 1.54) is 34.4 Å². The van der Waals surface area contributed by atoms with Crippen molar-refractivity contribution in [1.29, 1.82) is 0 Å². The molecule has 1 aliphatic rings. The number of aryl methyl sites for hydroxylation is 1. The number of thiazole rings is 1. The van der Waals surface area contributed by atoms with Crippen LogP contribution in [0.1, 0.15) is 18.4 Å². The number of amides is 2. The summed E-state index contributed by atoms with van der Waals surface area (Å²) in [5.41, 5.74) is 0.747. The third kappa shape index (κ3) is 4.47. The van der Waals surface area contributed by atoms with Crippen LogP contribution in [0.25, 0.3) is 10.3 Å². The van der Waals surface area contributed by atoms with E-state index in [1.807, 2.05) is 4.90 Å². The minimum atomic E-state index is -0.536. The van der Waals surface area contributed by atoms with Crippen LogP contribution in [0.5, 0.6) is 0 Å². The molecule has 2 aromatic heterocycles. The summed E-state index contributed by atoms with van der Waals surface area (Å²) < 4.78 is 15.5. The maximum atomic E-state index is 14.0. The van der Waals surface area contributed by atoms with Crippen molar-refractivity contribution in [3.8, 4) is 0 Å². The lowest BCUT2D eigenvalue weighted by atomic mass is 9.96. The first-order valence-corrected chi connectivity index (χ1v) is 11.1. The normalized spacial score (nSPS) is 14.5. The fourth-order valence-electron chi connectivity index (χ4n) is 3.69. The number of carbonyl (C=O) groups is 2. The summed E-state index contributed by atoms with van der Waals surface area (Å²) in [6.07, 6.45) is 2.70. The number of fused-ring (bicyclic) bond motifs is 1. The van der Waals surface area contributed by atoms with Gasteiger partial charge in [0.05, 0.1) is 5.69 Å². The summed E-state index contributed by atoms with van der Waals surface area (Å²) in [6.45, 7) is 2.79. The van der Waals surface area contributed by atoms with Crippen molar-refractivity contribution in [1.82, 2.24) is 19.9 Å². The molecule has 0 atom stereocenters. The summed E-state index contributed by atoms with van der Waals surface area (Å²) in [7, 11) is 1.64. The van der Waals surface area contributed by atoms with E-state index in [2.05, 4.69) is 20.6 Å². The highest BCUT2D eigenvalue weighted by atomic mass is 32.1. The number of halogens is 1. The maximum Gasteiger partial charge on any atom is 0.273 e. The van der Waals surface area contributed by atoms with Crippen LogP contribution in [-0.4, -0.2) is 46.5 Å². The Bertz CT molecular complexity index is 1230. The van der Waals surface area contributed by atoms with E-state index < -0.39 is 11.7 Å². The van der Waals surface area contributed by atoms with Crippen molar-refractivity contribution in [3.63, 3.8) is 0 Å². The van der Waals surface area contributed by atoms with Gasteiger partial charge in [0, 0.05) is 26.1 Å². The summed E-state index contributed by atoms with van der Waals surface area (Å²) >= 11 is 1.22. The van der Waals surface area contributed by atoms with Crippen molar-refractivity contribution in [2.24, 2.45) is 5.92 Å². The standard InChI is InChI=1S/C21H23FN6O3S/c1-12-3-4-15(14(22)9-12)25-16(29)10-28-11-24-18-17(20(28)31)32-21(26-18)27-7-5-13(6-8-27)19(30)23-2/h3-4,9,11,13H,5-8,10H2,1-2H3,(H,23,30)(H,25,29). The number of hydrogen-bond acceptors (Lipinski definition) is 7. The third-order valence-electron chi connectivity index (χ3n) is 5.47. The second kappa shape index (κ2) is 9.03. The van der Waals surface area contributed by atoms with E-state index in [0.29, 0.717) is 41.4 Å². The number of carbonyl (C=O) groups excluding carboxylic acids is 2. The predicted molar refractivity (Wildman–Crippen MR) is 120 cm³/mol. The molecule has 32 heavy (non-hydrogen) atoms. The Kier molecular flexibility index (Phi) is 6.17. The van der Waals surface area contributed by atoms with Crippen molar-refractivity contribution >= 4 is 44.3 Å². The number of benzene rings is 1. The van der Waals surface area contributed by atoms with Crippen LogP contribution in [0.2, 0.25) is 0 Å². The summed E-state index contributed by atoms with van der Waals surface area (Å²) in [5, 5.41) is 5.83. The van der Waals surface area contributed by atoms with E-state index in [-0.39, 0.29) is 29.6 Å². The predicted octanol–water partition coefficient (Wildman–Crippen LogP) is 1.90. The van der Waals surface area contributed by atoms with Crippen LogP contribution >= 0.6 is 11.3 Å². The Balaban J connectivity index is 1.48. The highest BCUT2D eigenvalue weighted by molar-refractivity contribution is 7.22. The van der Waals surface area contributed by atoms with Crippen molar-refractivity contribution in [3.05, 3.63) is 46.3 Å². The first kappa shape index (κ1) is 21.9. The number of aromatic nitrogens is 3. The van der Waals surface area contributed by atoms with Gasteiger partial charge in [0.1, 0.15) is 23.4 Å². The minimum absolute atomic E-state index is 0.0159. The minimum Gasteiger partial charge on any atom is -0.359 e. The molecule has 0 aliphatic carbocycles. The molecule has 0 bridgehead atoms. The van der Waals surface area contributed by atoms with Gasteiger partial charge in [-0.05, 0) is 37.5 Å². The van der Waals surface area contributed by atoms with Crippen LogP contribution in [0.4, 0.5) is 15.2 Å². The molecule has 1 saturated heterocycles. The Labute approximate surface area is 187 Å². The molecule has 11 heteroatoms. The van der Waals surface area contributed by atoms with Crippen LogP contribution in [0.15, 0.2) is 29.3 Å². The van der Waals surface area contributed by atoms with E-state index in [0.717, 1.165) is 5.56 Å². The van der Waals surface area contributed by atoms with Gasteiger partial charge in [-0.2, -0.15) is 4.98 Å². The summed E-state index contributed by atoms with van der Waals surface area (Å²) in [6, 6.07) is 4.50. The third-order valence-corrected chi connectivity index (χ3v) is 6.56. The van der Waals surface area contributed by atoms with Gasteiger partial charge in [-0.15, -0.1) is 0 Å². The Morgan fingerprint density at radius 3 is 2.72 bits per heavy atom. The molecule has 3 aromatic rings. The average Bonchev–Trinajstić information content (AvgIpc) is 3.22. The molecule has 9 nitrogen and oxygen atoms in total. The fourth-order valence-corrected chi connectivity index (χ4v) is 4.71. The van der Waals surface area contributed by atoms with Gasteiger partial charge in [0.25, 0.3) is 5.56 Å². The highest BCUT2D eigenvalue weighted by Gasteiger charge is 2.26. The van der Waals surface area contributed by atoms with Gasteiger partial charge < -0.3 is 15.5 Å². The molecule has 1 aliphatic heterocycles. The molecule has 0 unspecified atom stereocenters. The molecule has 1 fully saturated rings. The van der Waals surface area contributed by atoms with Gasteiger partial charge in [-0.25, -0.2) is 9.37 Å². The first-order valence-electron chi connectivity index (χ1n) is 10.2. The quantitative estimate of drug-likeness (QED) is 0.605. The molecule has 2 N–H and O–H groups in total. The SMILES string of the molecule is CNC(=O)C1CCN(c2nc3ncn(CC(=O)Nc4ccc(C)cc4F)c(=O)c3s2)CC1. The smallest absolute Gasteiger partial charge is 0.273 e. The van der Waals surface area contributed by atoms with Crippen LogP contribution in [0, 0.1) is 18.7 Å². The molecule has 4 rings (SSSR count).